The molecule has 14 heavy (non-hydrogen) atoms. The molecule has 0 aromatic rings. The molecule has 0 saturated carbocycles. The van der Waals surface area contributed by atoms with Gasteiger partial charge in [-0.3, -0.25) is 0 Å². The van der Waals surface area contributed by atoms with Crippen LogP contribution in [-0.2, 0) is 4.74 Å². The Labute approximate surface area is 89.2 Å². The Morgan fingerprint density at radius 3 is 2.21 bits per heavy atom. The maximum absolute atomic E-state index is 6.11. The van der Waals surface area contributed by atoms with Crippen molar-refractivity contribution in [2.45, 2.75) is 58.9 Å². The first kappa shape index (κ1) is 13.9. The van der Waals surface area contributed by atoms with Gasteiger partial charge in [-0.05, 0) is 31.6 Å². The molecule has 0 spiro atoms. The lowest BCUT2D eigenvalue weighted by Crippen LogP contribution is -2.43. The molecule has 86 valence electrons. The zero-order chi connectivity index (χ0) is 11.0. The number of rotatable bonds is 8. The van der Waals surface area contributed by atoms with Crippen LogP contribution in [-0.4, -0.2) is 18.8 Å². The van der Waals surface area contributed by atoms with E-state index in [2.05, 4.69) is 27.7 Å². The molecule has 0 fully saturated rings. The summed E-state index contributed by atoms with van der Waals surface area (Å²) in [5, 5.41) is 0. The van der Waals surface area contributed by atoms with Gasteiger partial charge in [0, 0.05) is 12.1 Å². The number of hydrogen-bond donors (Lipinski definition) is 1. The van der Waals surface area contributed by atoms with E-state index < -0.39 is 0 Å². The minimum atomic E-state index is -0.0994. The van der Waals surface area contributed by atoms with Gasteiger partial charge >= 0.3 is 0 Å². The topological polar surface area (TPSA) is 35.2 Å². The largest absolute Gasteiger partial charge is 0.380 e. The fourth-order valence-corrected chi connectivity index (χ4v) is 1.32. The molecule has 0 amide bonds. The van der Waals surface area contributed by atoms with Crippen LogP contribution in [0.2, 0.25) is 0 Å². The lowest BCUT2D eigenvalue weighted by Gasteiger charge is -2.26. The van der Waals surface area contributed by atoms with Gasteiger partial charge in [-0.25, -0.2) is 0 Å². The summed E-state index contributed by atoms with van der Waals surface area (Å²) < 4.78 is 5.61. The SMILES string of the molecule is CCC(N)(CC)COCCCC(C)C. The molecule has 0 aliphatic heterocycles. The van der Waals surface area contributed by atoms with Crippen LogP contribution in [0.5, 0.6) is 0 Å². The van der Waals surface area contributed by atoms with E-state index in [-0.39, 0.29) is 5.54 Å². The van der Waals surface area contributed by atoms with E-state index in [4.69, 9.17) is 10.5 Å². The minimum absolute atomic E-state index is 0.0994. The van der Waals surface area contributed by atoms with Crippen LogP contribution in [0.4, 0.5) is 0 Å². The van der Waals surface area contributed by atoms with Gasteiger partial charge in [-0.1, -0.05) is 27.7 Å². The van der Waals surface area contributed by atoms with Gasteiger partial charge in [0.1, 0.15) is 0 Å². The van der Waals surface area contributed by atoms with Crippen LogP contribution >= 0.6 is 0 Å². The van der Waals surface area contributed by atoms with Gasteiger partial charge < -0.3 is 10.5 Å². The van der Waals surface area contributed by atoms with E-state index in [9.17, 15) is 0 Å². The second-order valence-corrected chi connectivity index (χ2v) is 4.66. The lowest BCUT2D eigenvalue weighted by molar-refractivity contribution is 0.0770. The van der Waals surface area contributed by atoms with Crippen molar-refractivity contribution in [1.29, 1.82) is 0 Å². The van der Waals surface area contributed by atoms with Crippen molar-refractivity contribution in [3.63, 3.8) is 0 Å². The Bertz CT molecular complexity index is 130. The zero-order valence-corrected chi connectivity index (χ0v) is 10.3. The molecule has 0 saturated heterocycles. The Balaban J connectivity index is 3.43. The number of nitrogens with two attached hydrogens (primary N) is 1. The first-order valence-electron chi connectivity index (χ1n) is 5.90. The van der Waals surface area contributed by atoms with Crippen LogP contribution in [0.3, 0.4) is 0 Å². The number of ether oxygens (including phenoxy) is 1. The van der Waals surface area contributed by atoms with Crippen LogP contribution in [0.25, 0.3) is 0 Å². The molecule has 0 radical (unpaired) electrons. The maximum atomic E-state index is 6.11. The van der Waals surface area contributed by atoms with E-state index in [0.29, 0.717) is 6.61 Å². The van der Waals surface area contributed by atoms with Crippen molar-refractivity contribution < 1.29 is 4.74 Å². The average molecular weight is 201 g/mol. The van der Waals surface area contributed by atoms with Gasteiger partial charge in [0.05, 0.1) is 6.61 Å². The highest BCUT2D eigenvalue weighted by molar-refractivity contribution is 4.80. The molecule has 0 aromatic carbocycles. The Kier molecular flexibility index (Phi) is 7.20. The normalized spacial score (nSPS) is 12.4. The predicted octanol–water partition coefficient (Wildman–Crippen LogP) is 2.96. The van der Waals surface area contributed by atoms with Crippen molar-refractivity contribution in [2.75, 3.05) is 13.2 Å². The third-order valence-electron chi connectivity index (χ3n) is 2.87. The fourth-order valence-electron chi connectivity index (χ4n) is 1.32. The van der Waals surface area contributed by atoms with Crippen molar-refractivity contribution in [3.8, 4) is 0 Å². The number of hydrogen-bond acceptors (Lipinski definition) is 2. The highest BCUT2D eigenvalue weighted by Crippen LogP contribution is 2.12. The Hall–Kier alpha value is -0.0800. The molecular formula is C12H27NO. The summed E-state index contributed by atoms with van der Waals surface area (Å²) in [5.74, 6) is 0.776. The lowest BCUT2D eigenvalue weighted by atomic mass is 9.96. The van der Waals surface area contributed by atoms with E-state index in [0.717, 1.165) is 31.8 Å². The van der Waals surface area contributed by atoms with Crippen LogP contribution < -0.4 is 5.73 Å². The summed E-state index contributed by atoms with van der Waals surface area (Å²) >= 11 is 0. The molecule has 0 rings (SSSR count). The predicted molar refractivity (Wildman–Crippen MR) is 62.4 cm³/mol. The van der Waals surface area contributed by atoms with Crippen LogP contribution in [0.15, 0.2) is 0 Å². The summed E-state index contributed by atoms with van der Waals surface area (Å²) in [5.41, 5.74) is 6.01. The summed E-state index contributed by atoms with van der Waals surface area (Å²) in [6.07, 6.45) is 4.39. The summed E-state index contributed by atoms with van der Waals surface area (Å²) in [7, 11) is 0. The molecule has 2 heteroatoms. The first-order chi connectivity index (χ1) is 6.54. The summed E-state index contributed by atoms with van der Waals surface area (Å²) in [6, 6.07) is 0. The minimum Gasteiger partial charge on any atom is -0.380 e. The third-order valence-corrected chi connectivity index (χ3v) is 2.87. The van der Waals surface area contributed by atoms with E-state index in [1.54, 1.807) is 0 Å². The van der Waals surface area contributed by atoms with Gasteiger partial charge in [-0.15, -0.1) is 0 Å². The molecule has 0 aromatic heterocycles. The van der Waals surface area contributed by atoms with E-state index in [1.807, 2.05) is 0 Å². The Morgan fingerprint density at radius 2 is 1.79 bits per heavy atom. The van der Waals surface area contributed by atoms with E-state index >= 15 is 0 Å². The molecule has 0 unspecified atom stereocenters. The van der Waals surface area contributed by atoms with Crippen molar-refractivity contribution in [2.24, 2.45) is 11.7 Å². The maximum Gasteiger partial charge on any atom is 0.0645 e. The summed E-state index contributed by atoms with van der Waals surface area (Å²) in [4.78, 5) is 0. The second kappa shape index (κ2) is 7.24. The molecule has 0 atom stereocenters. The zero-order valence-electron chi connectivity index (χ0n) is 10.3. The van der Waals surface area contributed by atoms with Gasteiger partial charge in [-0.2, -0.15) is 0 Å². The van der Waals surface area contributed by atoms with Gasteiger partial charge in [0.2, 0.25) is 0 Å². The van der Waals surface area contributed by atoms with Crippen molar-refractivity contribution in [3.05, 3.63) is 0 Å². The standard InChI is InChI=1S/C12H27NO/c1-5-12(13,6-2)10-14-9-7-8-11(3)4/h11H,5-10,13H2,1-4H3. The van der Waals surface area contributed by atoms with Crippen molar-refractivity contribution in [1.82, 2.24) is 0 Å². The quantitative estimate of drug-likeness (QED) is 0.613. The molecular weight excluding hydrogens is 174 g/mol. The van der Waals surface area contributed by atoms with Crippen molar-refractivity contribution >= 4 is 0 Å². The molecule has 2 nitrogen and oxygen atoms in total. The van der Waals surface area contributed by atoms with Crippen LogP contribution in [0, 0.1) is 5.92 Å². The average Bonchev–Trinajstić information content (AvgIpc) is 2.16. The van der Waals surface area contributed by atoms with Gasteiger partial charge in [0.15, 0.2) is 0 Å². The molecule has 0 aliphatic rings. The fraction of sp³-hybridized carbons (Fsp3) is 1.00. The van der Waals surface area contributed by atoms with E-state index in [1.165, 1.54) is 6.42 Å². The third kappa shape index (κ3) is 6.39. The first-order valence-corrected chi connectivity index (χ1v) is 5.90. The highest BCUT2D eigenvalue weighted by atomic mass is 16.5. The summed E-state index contributed by atoms with van der Waals surface area (Å²) in [6.45, 7) is 10.3. The molecule has 0 heterocycles. The van der Waals surface area contributed by atoms with Crippen LogP contribution in [0.1, 0.15) is 53.4 Å². The molecule has 0 aliphatic carbocycles. The van der Waals surface area contributed by atoms with Gasteiger partial charge in [0.25, 0.3) is 0 Å². The molecule has 2 N–H and O–H groups in total. The smallest absolute Gasteiger partial charge is 0.0645 e. The molecule has 0 bridgehead atoms. The Morgan fingerprint density at radius 1 is 1.21 bits per heavy atom. The second-order valence-electron chi connectivity index (χ2n) is 4.66. The monoisotopic (exact) mass is 201 g/mol. The highest BCUT2D eigenvalue weighted by Gasteiger charge is 2.19.